The van der Waals surface area contributed by atoms with E-state index in [0.29, 0.717) is 5.69 Å². The summed E-state index contributed by atoms with van der Waals surface area (Å²) in [6.07, 6.45) is 1.07. The van der Waals surface area contributed by atoms with Gasteiger partial charge in [0.25, 0.3) is 0 Å². The van der Waals surface area contributed by atoms with Gasteiger partial charge in [0.15, 0.2) is 0 Å². The molecule has 180 valence electrons. The Hall–Kier alpha value is -2.87. The zero-order valence-electron chi connectivity index (χ0n) is 20.5. The van der Waals surface area contributed by atoms with Crippen LogP contribution in [-0.4, -0.2) is 49.5 Å². The Balaban J connectivity index is 2.39. The molecule has 0 radical (unpaired) electrons. The minimum atomic E-state index is -3.73. The molecule has 0 heterocycles. The van der Waals surface area contributed by atoms with E-state index in [9.17, 15) is 18.0 Å². The van der Waals surface area contributed by atoms with Crippen LogP contribution in [0.1, 0.15) is 44.4 Å². The number of aryl methyl sites for hydroxylation is 2. The zero-order chi connectivity index (χ0) is 25.0. The summed E-state index contributed by atoms with van der Waals surface area (Å²) >= 11 is 0. The summed E-state index contributed by atoms with van der Waals surface area (Å²) < 4.78 is 26.2. The van der Waals surface area contributed by atoms with Crippen molar-refractivity contribution in [1.29, 1.82) is 0 Å². The van der Waals surface area contributed by atoms with Crippen molar-refractivity contribution in [3.05, 3.63) is 65.2 Å². The zero-order valence-corrected chi connectivity index (χ0v) is 21.4. The van der Waals surface area contributed by atoms with Gasteiger partial charge in [0.2, 0.25) is 21.8 Å². The Labute approximate surface area is 197 Å². The van der Waals surface area contributed by atoms with Crippen LogP contribution in [-0.2, 0) is 26.2 Å². The Kier molecular flexibility index (Phi) is 8.30. The predicted octanol–water partition coefficient (Wildman–Crippen LogP) is 3.40. The van der Waals surface area contributed by atoms with Gasteiger partial charge in [0.1, 0.15) is 12.6 Å². The Morgan fingerprint density at radius 3 is 2.12 bits per heavy atom. The quantitative estimate of drug-likeness (QED) is 0.637. The molecular formula is C25H35N3O4S. The molecule has 2 aromatic carbocycles. The predicted molar refractivity (Wildman–Crippen MR) is 132 cm³/mol. The molecule has 7 nitrogen and oxygen atoms in total. The number of nitrogens with one attached hydrogen (secondary N) is 1. The van der Waals surface area contributed by atoms with E-state index < -0.39 is 34.1 Å². The molecule has 1 N–H and O–H groups in total. The first kappa shape index (κ1) is 26.4. The maximum atomic E-state index is 13.5. The van der Waals surface area contributed by atoms with E-state index >= 15 is 0 Å². The number of hydrogen-bond acceptors (Lipinski definition) is 4. The standard InChI is InChI=1S/C25H35N3O4S/c1-18-11-13-22(14-12-18)28(33(7,31)32)17-23(29)27(16-21-10-8-9-19(2)15-21)20(3)24(30)26-25(4,5)6/h8-15,20H,16-17H2,1-7H3,(H,26,30). The Morgan fingerprint density at radius 2 is 1.61 bits per heavy atom. The number of benzene rings is 2. The van der Waals surface area contributed by atoms with Crippen molar-refractivity contribution in [3.63, 3.8) is 0 Å². The van der Waals surface area contributed by atoms with Crippen LogP contribution in [0.3, 0.4) is 0 Å². The molecule has 0 aliphatic carbocycles. The van der Waals surface area contributed by atoms with Crippen molar-refractivity contribution in [2.75, 3.05) is 17.1 Å². The molecule has 0 bridgehead atoms. The highest BCUT2D eigenvalue weighted by Gasteiger charge is 2.31. The van der Waals surface area contributed by atoms with Gasteiger partial charge in [-0.2, -0.15) is 0 Å². The van der Waals surface area contributed by atoms with E-state index in [1.54, 1.807) is 31.2 Å². The molecule has 0 aromatic heterocycles. The van der Waals surface area contributed by atoms with Gasteiger partial charge in [-0.25, -0.2) is 8.42 Å². The van der Waals surface area contributed by atoms with Crippen molar-refractivity contribution in [1.82, 2.24) is 10.2 Å². The number of sulfonamides is 1. The van der Waals surface area contributed by atoms with Gasteiger partial charge < -0.3 is 10.2 Å². The largest absolute Gasteiger partial charge is 0.350 e. The molecule has 1 atom stereocenters. The highest BCUT2D eigenvalue weighted by molar-refractivity contribution is 7.92. The average Bonchev–Trinajstić information content (AvgIpc) is 2.68. The molecule has 0 aliphatic rings. The molecule has 0 saturated carbocycles. The van der Waals surface area contributed by atoms with Gasteiger partial charge in [-0.15, -0.1) is 0 Å². The third kappa shape index (κ3) is 7.89. The van der Waals surface area contributed by atoms with Crippen LogP contribution in [0.15, 0.2) is 48.5 Å². The molecule has 0 fully saturated rings. The second-order valence-corrected chi connectivity index (χ2v) is 11.4. The van der Waals surface area contributed by atoms with E-state index in [2.05, 4.69) is 5.32 Å². The van der Waals surface area contributed by atoms with Gasteiger partial charge >= 0.3 is 0 Å². The Bertz CT molecular complexity index is 1090. The first-order chi connectivity index (χ1) is 15.2. The number of anilines is 1. The molecule has 0 aliphatic heterocycles. The number of hydrogen-bond donors (Lipinski definition) is 1. The maximum Gasteiger partial charge on any atom is 0.244 e. The lowest BCUT2D eigenvalue weighted by Gasteiger charge is -2.33. The lowest BCUT2D eigenvalue weighted by molar-refractivity contribution is -0.140. The minimum Gasteiger partial charge on any atom is -0.350 e. The van der Waals surface area contributed by atoms with Crippen molar-refractivity contribution >= 4 is 27.5 Å². The minimum absolute atomic E-state index is 0.185. The molecule has 33 heavy (non-hydrogen) atoms. The van der Waals surface area contributed by atoms with E-state index in [1.807, 2.05) is 58.9 Å². The molecule has 2 aromatic rings. The molecule has 2 rings (SSSR count). The summed E-state index contributed by atoms with van der Waals surface area (Å²) in [5.41, 5.74) is 2.80. The SMILES string of the molecule is Cc1ccc(N(CC(=O)N(Cc2cccc(C)c2)C(C)C(=O)NC(C)(C)C)S(C)(=O)=O)cc1. The fraction of sp³-hybridized carbons (Fsp3) is 0.440. The number of amides is 2. The van der Waals surface area contributed by atoms with Gasteiger partial charge in [0, 0.05) is 12.1 Å². The van der Waals surface area contributed by atoms with Gasteiger partial charge in [-0.1, -0.05) is 47.5 Å². The summed E-state index contributed by atoms with van der Waals surface area (Å²) in [5.74, 6) is -0.760. The molecule has 8 heteroatoms. The highest BCUT2D eigenvalue weighted by atomic mass is 32.2. The summed E-state index contributed by atoms with van der Waals surface area (Å²) in [5, 5.41) is 2.91. The molecule has 1 unspecified atom stereocenters. The number of rotatable bonds is 8. The van der Waals surface area contributed by atoms with Gasteiger partial charge in [0.05, 0.1) is 11.9 Å². The maximum absolute atomic E-state index is 13.5. The van der Waals surface area contributed by atoms with E-state index in [4.69, 9.17) is 0 Å². The van der Waals surface area contributed by atoms with Crippen molar-refractivity contribution in [2.24, 2.45) is 0 Å². The fourth-order valence-electron chi connectivity index (χ4n) is 3.39. The highest BCUT2D eigenvalue weighted by Crippen LogP contribution is 2.20. The molecular weight excluding hydrogens is 438 g/mol. The number of carbonyl (C=O) groups excluding carboxylic acids is 2. The van der Waals surface area contributed by atoms with E-state index in [1.165, 1.54) is 4.90 Å². The van der Waals surface area contributed by atoms with Gasteiger partial charge in [-0.3, -0.25) is 13.9 Å². The second-order valence-electron chi connectivity index (χ2n) is 9.53. The number of carbonyl (C=O) groups is 2. The summed E-state index contributed by atoms with van der Waals surface area (Å²) in [6.45, 7) is 10.9. The van der Waals surface area contributed by atoms with E-state index in [-0.39, 0.29) is 12.5 Å². The normalized spacial score (nSPS) is 12.7. The third-order valence-corrected chi connectivity index (χ3v) is 6.24. The first-order valence-electron chi connectivity index (χ1n) is 10.9. The molecule has 0 spiro atoms. The topological polar surface area (TPSA) is 86.8 Å². The third-order valence-electron chi connectivity index (χ3n) is 5.10. The smallest absolute Gasteiger partial charge is 0.244 e. The van der Waals surface area contributed by atoms with Crippen molar-refractivity contribution in [3.8, 4) is 0 Å². The number of nitrogens with zero attached hydrogens (tertiary/aromatic N) is 2. The van der Waals surface area contributed by atoms with Crippen molar-refractivity contribution in [2.45, 2.75) is 59.7 Å². The molecule has 0 saturated heterocycles. The van der Waals surface area contributed by atoms with Crippen LogP contribution in [0.2, 0.25) is 0 Å². The summed E-state index contributed by atoms with van der Waals surface area (Å²) in [7, 11) is -3.73. The molecule has 2 amide bonds. The van der Waals surface area contributed by atoms with Crippen LogP contribution in [0.5, 0.6) is 0 Å². The van der Waals surface area contributed by atoms with Crippen LogP contribution < -0.4 is 9.62 Å². The van der Waals surface area contributed by atoms with Crippen LogP contribution in [0.25, 0.3) is 0 Å². The monoisotopic (exact) mass is 473 g/mol. The van der Waals surface area contributed by atoms with E-state index in [0.717, 1.165) is 27.3 Å². The lowest BCUT2D eigenvalue weighted by atomic mass is 10.1. The summed E-state index contributed by atoms with van der Waals surface area (Å²) in [4.78, 5) is 27.8. The average molecular weight is 474 g/mol. The fourth-order valence-corrected chi connectivity index (χ4v) is 4.24. The Morgan fingerprint density at radius 1 is 1.00 bits per heavy atom. The lowest BCUT2D eigenvalue weighted by Crippen LogP contribution is -2.54. The van der Waals surface area contributed by atoms with Crippen LogP contribution >= 0.6 is 0 Å². The van der Waals surface area contributed by atoms with Crippen LogP contribution in [0.4, 0.5) is 5.69 Å². The first-order valence-corrected chi connectivity index (χ1v) is 12.7. The second kappa shape index (κ2) is 10.4. The van der Waals surface area contributed by atoms with Crippen molar-refractivity contribution < 1.29 is 18.0 Å². The summed E-state index contributed by atoms with van der Waals surface area (Å²) in [6, 6.07) is 13.8. The van der Waals surface area contributed by atoms with Gasteiger partial charge in [-0.05, 0) is 59.2 Å². The van der Waals surface area contributed by atoms with Crippen LogP contribution in [0, 0.1) is 13.8 Å².